The molecule has 6 heteroatoms. The van der Waals surface area contributed by atoms with Gasteiger partial charge in [-0.1, -0.05) is 0 Å². The Hall–Kier alpha value is -2.63. The summed E-state index contributed by atoms with van der Waals surface area (Å²) in [6.07, 6.45) is 3.00. The molecule has 1 aliphatic rings. The molecular weight excluding hydrogens is 299 g/mol. The molecule has 0 fully saturated rings. The maximum Gasteiger partial charge on any atom is 0.257 e. The Bertz CT molecular complexity index is 721. The number of carbonyl (C=O) groups excluding carboxylic acids is 1. The van der Waals surface area contributed by atoms with Crippen LogP contribution in [0, 0.1) is 5.82 Å². The number of hydrogen-bond donors (Lipinski definition) is 1. The molecular formula is C17H17FN2O3. The van der Waals surface area contributed by atoms with Crippen molar-refractivity contribution in [3.63, 3.8) is 0 Å². The van der Waals surface area contributed by atoms with Gasteiger partial charge in [0.25, 0.3) is 5.91 Å². The molecule has 1 atom stereocenters. The number of amides is 1. The van der Waals surface area contributed by atoms with Crippen molar-refractivity contribution in [2.75, 3.05) is 13.7 Å². The number of aromatic nitrogens is 1. The molecule has 2 aromatic rings. The summed E-state index contributed by atoms with van der Waals surface area (Å²) in [6.45, 7) is 0.543. The SMILES string of the molecule is COc1ncccc1C(=O)N[C@@H]1CCCOc2ccc(F)cc21. The molecule has 1 aliphatic heterocycles. The van der Waals surface area contributed by atoms with Crippen LogP contribution < -0.4 is 14.8 Å². The van der Waals surface area contributed by atoms with E-state index in [0.29, 0.717) is 29.9 Å². The van der Waals surface area contributed by atoms with Gasteiger partial charge in [0, 0.05) is 11.8 Å². The highest BCUT2D eigenvalue weighted by Crippen LogP contribution is 2.32. The highest BCUT2D eigenvalue weighted by atomic mass is 19.1. The lowest BCUT2D eigenvalue weighted by atomic mass is 10.0. The zero-order chi connectivity index (χ0) is 16.2. The van der Waals surface area contributed by atoms with Gasteiger partial charge >= 0.3 is 0 Å². The molecule has 0 radical (unpaired) electrons. The summed E-state index contributed by atoms with van der Waals surface area (Å²) in [5, 5.41) is 2.93. The Labute approximate surface area is 133 Å². The molecule has 5 nitrogen and oxygen atoms in total. The highest BCUT2D eigenvalue weighted by Gasteiger charge is 2.24. The molecule has 1 amide bonds. The second kappa shape index (κ2) is 6.64. The van der Waals surface area contributed by atoms with Crippen molar-refractivity contribution in [1.82, 2.24) is 10.3 Å². The summed E-state index contributed by atoms with van der Waals surface area (Å²) >= 11 is 0. The third-order valence-electron chi connectivity index (χ3n) is 3.76. The number of fused-ring (bicyclic) bond motifs is 1. The Morgan fingerprint density at radius 3 is 3.13 bits per heavy atom. The maximum atomic E-state index is 13.6. The van der Waals surface area contributed by atoms with Gasteiger partial charge in [0.05, 0.1) is 19.8 Å². The highest BCUT2D eigenvalue weighted by molar-refractivity contribution is 5.96. The van der Waals surface area contributed by atoms with Crippen LogP contribution in [-0.2, 0) is 0 Å². The molecule has 0 unspecified atom stereocenters. The number of rotatable bonds is 3. The zero-order valence-corrected chi connectivity index (χ0v) is 12.7. The second-order valence-electron chi connectivity index (χ2n) is 5.26. The number of halogens is 1. The molecule has 0 spiro atoms. The van der Waals surface area contributed by atoms with Crippen LogP contribution in [0.5, 0.6) is 11.6 Å². The third-order valence-corrected chi connectivity index (χ3v) is 3.76. The molecule has 1 aromatic heterocycles. The number of methoxy groups -OCH3 is 1. The average Bonchev–Trinajstić information content (AvgIpc) is 2.77. The van der Waals surface area contributed by atoms with Crippen molar-refractivity contribution in [2.45, 2.75) is 18.9 Å². The summed E-state index contributed by atoms with van der Waals surface area (Å²) in [6, 6.07) is 7.35. The smallest absolute Gasteiger partial charge is 0.257 e. The van der Waals surface area contributed by atoms with Gasteiger partial charge in [-0.3, -0.25) is 4.79 Å². The molecule has 1 aromatic carbocycles. The molecule has 120 valence electrons. The van der Waals surface area contributed by atoms with E-state index in [1.54, 1.807) is 24.4 Å². The first-order valence-electron chi connectivity index (χ1n) is 7.41. The summed E-state index contributed by atoms with van der Waals surface area (Å²) in [4.78, 5) is 16.6. The summed E-state index contributed by atoms with van der Waals surface area (Å²) < 4.78 is 24.3. The van der Waals surface area contributed by atoms with E-state index in [0.717, 1.165) is 6.42 Å². The molecule has 23 heavy (non-hydrogen) atoms. The van der Waals surface area contributed by atoms with Crippen LogP contribution in [0.3, 0.4) is 0 Å². The molecule has 0 bridgehead atoms. The number of carbonyl (C=O) groups is 1. The van der Waals surface area contributed by atoms with Crippen LogP contribution in [0.15, 0.2) is 36.5 Å². The Kier molecular flexibility index (Phi) is 4.41. The van der Waals surface area contributed by atoms with Gasteiger partial charge in [-0.25, -0.2) is 9.37 Å². The number of benzene rings is 1. The van der Waals surface area contributed by atoms with Crippen LogP contribution in [-0.4, -0.2) is 24.6 Å². The lowest BCUT2D eigenvalue weighted by Gasteiger charge is -2.19. The van der Waals surface area contributed by atoms with Gasteiger partial charge in [0.1, 0.15) is 17.1 Å². The van der Waals surface area contributed by atoms with E-state index in [-0.39, 0.29) is 23.6 Å². The number of pyridine rings is 1. The van der Waals surface area contributed by atoms with Crippen molar-refractivity contribution < 1.29 is 18.7 Å². The fourth-order valence-corrected chi connectivity index (χ4v) is 2.66. The van der Waals surface area contributed by atoms with Crippen molar-refractivity contribution in [3.05, 3.63) is 53.5 Å². The number of nitrogens with zero attached hydrogens (tertiary/aromatic N) is 1. The first kappa shape index (κ1) is 15.3. The Morgan fingerprint density at radius 1 is 1.43 bits per heavy atom. The third kappa shape index (κ3) is 3.26. The lowest BCUT2D eigenvalue weighted by molar-refractivity contribution is 0.0930. The minimum atomic E-state index is -0.354. The predicted molar refractivity (Wildman–Crippen MR) is 82.1 cm³/mol. The topological polar surface area (TPSA) is 60.5 Å². The van der Waals surface area contributed by atoms with Crippen LogP contribution in [0.4, 0.5) is 4.39 Å². The van der Waals surface area contributed by atoms with Crippen molar-refractivity contribution in [3.8, 4) is 11.6 Å². The quantitative estimate of drug-likeness (QED) is 0.946. The maximum absolute atomic E-state index is 13.6. The van der Waals surface area contributed by atoms with Gasteiger partial charge in [-0.05, 0) is 43.2 Å². The van der Waals surface area contributed by atoms with Crippen LogP contribution in [0.25, 0.3) is 0 Å². The Morgan fingerprint density at radius 2 is 2.30 bits per heavy atom. The monoisotopic (exact) mass is 316 g/mol. The molecule has 0 aliphatic carbocycles. The summed E-state index contributed by atoms with van der Waals surface area (Å²) in [7, 11) is 1.46. The van der Waals surface area contributed by atoms with Crippen LogP contribution in [0.2, 0.25) is 0 Å². The zero-order valence-electron chi connectivity index (χ0n) is 12.7. The molecule has 3 rings (SSSR count). The van der Waals surface area contributed by atoms with Crippen LogP contribution >= 0.6 is 0 Å². The standard InChI is InChI=1S/C17H17FN2O3/c1-22-17-12(4-2-8-19-17)16(21)20-14-5-3-9-23-15-7-6-11(18)10-13(14)15/h2,4,6-8,10,14H,3,5,9H2,1H3,(H,20,21)/t14-/m1/s1. The summed E-state index contributed by atoms with van der Waals surface area (Å²) in [5.41, 5.74) is 0.997. The van der Waals surface area contributed by atoms with E-state index in [9.17, 15) is 9.18 Å². The first-order valence-corrected chi connectivity index (χ1v) is 7.41. The summed E-state index contributed by atoms with van der Waals surface area (Å²) in [5.74, 6) is 0.200. The van der Waals surface area contributed by atoms with Crippen molar-refractivity contribution in [1.29, 1.82) is 0 Å². The van der Waals surface area contributed by atoms with E-state index in [1.165, 1.54) is 19.2 Å². The molecule has 0 saturated heterocycles. The van der Waals surface area contributed by atoms with Gasteiger partial charge in [0.15, 0.2) is 0 Å². The first-order chi connectivity index (χ1) is 11.2. The predicted octanol–water partition coefficient (Wildman–Crippen LogP) is 2.87. The average molecular weight is 316 g/mol. The van der Waals surface area contributed by atoms with Crippen LogP contribution in [0.1, 0.15) is 34.8 Å². The number of hydrogen-bond acceptors (Lipinski definition) is 4. The van der Waals surface area contributed by atoms with Crippen molar-refractivity contribution in [2.24, 2.45) is 0 Å². The van der Waals surface area contributed by atoms with E-state index in [4.69, 9.17) is 9.47 Å². The number of ether oxygens (including phenoxy) is 2. The number of nitrogens with one attached hydrogen (secondary N) is 1. The Balaban J connectivity index is 1.88. The normalized spacial score (nSPS) is 16.7. The fraction of sp³-hybridized carbons (Fsp3) is 0.294. The van der Waals surface area contributed by atoms with E-state index < -0.39 is 0 Å². The van der Waals surface area contributed by atoms with Gasteiger partial charge in [-0.15, -0.1) is 0 Å². The van der Waals surface area contributed by atoms with Gasteiger partial charge in [-0.2, -0.15) is 0 Å². The fourth-order valence-electron chi connectivity index (χ4n) is 2.66. The largest absolute Gasteiger partial charge is 0.493 e. The van der Waals surface area contributed by atoms with E-state index >= 15 is 0 Å². The van der Waals surface area contributed by atoms with E-state index in [2.05, 4.69) is 10.3 Å². The van der Waals surface area contributed by atoms with Crippen molar-refractivity contribution >= 4 is 5.91 Å². The minimum absolute atomic E-state index is 0.259. The molecule has 2 heterocycles. The van der Waals surface area contributed by atoms with Gasteiger partial charge in [0.2, 0.25) is 5.88 Å². The molecule has 0 saturated carbocycles. The van der Waals surface area contributed by atoms with E-state index in [1.807, 2.05) is 0 Å². The molecule has 1 N–H and O–H groups in total. The second-order valence-corrected chi connectivity index (χ2v) is 5.26. The van der Waals surface area contributed by atoms with Gasteiger partial charge < -0.3 is 14.8 Å². The minimum Gasteiger partial charge on any atom is -0.493 e. The lowest BCUT2D eigenvalue weighted by Crippen LogP contribution is -2.29.